The lowest BCUT2D eigenvalue weighted by Crippen LogP contribution is -2.07. The molecular formula is C14H13F3O3. The SMILES string of the molecule is COc1ccc(-c2oc(OC)c(C(F)(F)F)c2C)cc1. The van der Waals surface area contributed by atoms with Gasteiger partial charge in [-0.3, -0.25) is 0 Å². The van der Waals surface area contributed by atoms with Crippen molar-refractivity contribution in [2.45, 2.75) is 13.1 Å². The fourth-order valence-corrected chi connectivity index (χ4v) is 1.98. The average molecular weight is 286 g/mol. The van der Waals surface area contributed by atoms with E-state index in [2.05, 4.69) is 4.74 Å². The third-order valence-electron chi connectivity index (χ3n) is 2.94. The van der Waals surface area contributed by atoms with Gasteiger partial charge in [-0.1, -0.05) is 0 Å². The molecule has 0 fully saturated rings. The molecule has 3 nitrogen and oxygen atoms in total. The van der Waals surface area contributed by atoms with Crippen molar-refractivity contribution in [3.8, 4) is 23.0 Å². The Morgan fingerprint density at radius 2 is 1.60 bits per heavy atom. The summed E-state index contributed by atoms with van der Waals surface area (Å²) in [7, 11) is 2.66. The molecule has 0 saturated carbocycles. The highest BCUT2D eigenvalue weighted by molar-refractivity contribution is 5.65. The second-order valence-electron chi connectivity index (χ2n) is 4.15. The summed E-state index contributed by atoms with van der Waals surface area (Å²) >= 11 is 0. The quantitative estimate of drug-likeness (QED) is 0.843. The van der Waals surface area contributed by atoms with Crippen LogP contribution in [0.3, 0.4) is 0 Å². The molecule has 108 valence electrons. The Morgan fingerprint density at radius 3 is 2.00 bits per heavy atom. The fourth-order valence-electron chi connectivity index (χ4n) is 1.98. The van der Waals surface area contributed by atoms with E-state index in [-0.39, 0.29) is 11.3 Å². The average Bonchev–Trinajstić information content (AvgIpc) is 2.75. The molecule has 0 bridgehead atoms. The number of halogens is 3. The highest BCUT2D eigenvalue weighted by Gasteiger charge is 2.40. The number of rotatable bonds is 3. The molecule has 0 radical (unpaired) electrons. The highest BCUT2D eigenvalue weighted by Crippen LogP contribution is 2.44. The first-order valence-electron chi connectivity index (χ1n) is 5.77. The normalized spacial score (nSPS) is 11.5. The third kappa shape index (κ3) is 2.45. The van der Waals surface area contributed by atoms with E-state index < -0.39 is 17.7 Å². The van der Waals surface area contributed by atoms with Crippen LogP contribution in [0.2, 0.25) is 0 Å². The Morgan fingerprint density at radius 1 is 1.00 bits per heavy atom. The highest BCUT2D eigenvalue weighted by atomic mass is 19.4. The van der Waals surface area contributed by atoms with E-state index in [0.29, 0.717) is 11.3 Å². The van der Waals surface area contributed by atoms with Crippen molar-refractivity contribution >= 4 is 0 Å². The predicted molar refractivity (Wildman–Crippen MR) is 67.0 cm³/mol. The summed E-state index contributed by atoms with van der Waals surface area (Å²) in [5.74, 6) is 0.221. The molecule has 0 spiro atoms. The van der Waals surface area contributed by atoms with Gasteiger partial charge in [-0.15, -0.1) is 0 Å². The van der Waals surface area contributed by atoms with Gasteiger partial charge in [0.15, 0.2) is 0 Å². The van der Waals surface area contributed by atoms with Crippen molar-refractivity contribution in [1.82, 2.24) is 0 Å². The first-order valence-corrected chi connectivity index (χ1v) is 5.77. The van der Waals surface area contributed by atoms with E-state index in [0.717, 1.165) is 7.11 Å². The molecule has 2 aromatic rings. The summed E-state index contributed by atoms with van der Waals surface area (Å²) in [6.45, 7) is 1.36. The number of methoxy groups -OCH3 is 2. The van der Waals surface area contributed by atoms with E-state index in [1.165, 1.54) is 14.0 Å². The molecule has 1 aromatic carbocycles. The number of alkyl halides is 3. The Kier molecular flexibility index (Phi) is 3.65. The lowest BCUT2D eigenvalue weighted by molar-refractivity contribution is -0.139. The van der Waals surface area contributed by atoms with Gasteiger partial charge in [-0.2, -0.15) is 13.2 Å². The zero-order valence-corrected chi connectivity index (χ0v) is 11.2. The van der Waals surface area contributed by atoms with Crippen LogP contribution in [0.15, 0.2) is 28.7 Å². The summed E-state index contributed by atoms with van der Waals surface area (Å²) in [6, 6.07) is 6.56. The van der Waals surface area contributed by atoms with Gasteiger partial charge in [0.2, 0.25) is 0 Å². The third-order valence-corrected chi connectivity index (χ3v) is 2.94. The summed E-state index contributed by atoms with van der Waals surface area (Å²) in [4.78, 5) is 0. The fraction of sp³-hybridized carbons (Fsp3) is 0.286. The van der Waals surface area contributed by atoms with E-state index in [1.807, 2.05) is 0 Å². The Hall–Kier alpha value is -2.11. The van der Waals surface area contributed by atoms with Crippen molar-refractivity contribution in [3.05, 3.63) is 35.4 Å². The monoisotopic (exact) mass is 286 g/mol. The van der Waals surface area contributed by atoms with Crippen molar-refractivity contribution in [1.29, 1.82) is 0 Å². The lowest BCUT2D eigenvalue weighted by atomic mass is 10.1. The summed E-state index contributed by atoms with van der Waals surface area (Å²) in [6.07, 6.45) is -4.52. The Labute approximate surface area is 113 Å². The number of hydrogen-bond acceptors (Lipinski definition) is 3. The topological polar surface area (TPSA) is 31.6 Å². The van der Waals surface area contributed by atoms with Crippen LogP contribution in [0, 0.1) is 6.92 Å². The molecule has 0 N–H and O–H groups in total. The molecule has 6 heteroatoms. The smallest absolute Gasteiger partial charge is 0.423 e. The summed E-state index contributed by atoms with van der Waals surface area (Å²) in [5.41, 5.74) is -0.359. The molecule has 0 unspecified atom stereocenters. The molecular weight excluding hydrogens is 273 g/mol. The molecule has 0 aliphatic rings. The van der Waals surface area contributed by atoms with E-state index in [4.69, 9.17) is 9.15 Å². The molecule has 0 aliphatic carbocycles. The van der Waals surface area contributed by atoms with Crippen molar-refractivity contribution in [2.75, 3.05) is 14.2 Å². The van der Waals surface area contributed by atoms with Crippen LogP contribution in [0.4, 0.5) is 13.2 Å². The molecule has 0 saturated heterocycles. The number of benzene rings is 1. The second kappa shape index (κ2) is 5.11. The summed E-state index contributed by atoms with van der Waals surface area (Å²) < 4.78 is 53.8. The minimum absolute atomic E-state index is 0.000447. The summed E-state index contributed by atoms with van der Waals surface area (Å²) in [5, 5.41) is 0. The van der Waals surface area contributed by atoms with Gasteiger partial charge in [0, 0.05) is 11.1 Å². The molecule has 20 heavy (non-hydrogen) atoms. The zero-order chi connectivity index (χ0) is 14.9. The first-order chi connectivity index (χ1) is 9.38. The van der Waals surface area contributed by atoms with E-state index >= 15 is 0 Å². The van der Waals surface area contributed by atoms with Crippen LogP contribution in [0.1, 0.15) is 11.1 Å². The van der Waals surface area contributed by atoms with E-state index in [1.54, 1.807) is 24.3 Å². The van der Waals surface area contributed by atoms with Crippen molar-refractivity contribution < 1.29 is 27.1 Å². The number of ether oxygens (including phenoxy) is 2. The lowest BCUT2D eigenvalue weighted by Gasteiger charge is -2.06. The Bertz CT molecular complexity index is 597. The molecule has 2 rings (SSSR count). The van der Waals surface area contributed by atoms with Crippen LogP contribution in [-0.4, -0.2) is 14.2 Å². The molecule has 0 amide bonds. The largest absolute Gasteiger partial charge is 0.497 e. The van der Waals surface area contributed by atoms with Crippen LogP contribution in [-0.2, 0) is 6.18 Å². The van der Waals surface area contributed by atoms with Crippen LogP contribution >= 0.6 is 0 Å². The number of furan rings is 1. The van der Waals surface area contributed by atoms with Gasteiger partial charge >= 0.3 is 6.18 Å². The van der Waals surface area contributed by atoms with Gasteiger partial charge in [0.05, 0.1) is 14.2 Å². The minimum atomic E-state index is -4.52. The Balaban J connectivity index is 2.54. The molecule has 1 aromatic heterocycles. The first kappa shape index (κ1) is 14.3. The maximum Gasteiger partial charge on any atom is 0.423 e. The minimum Gasteiger partial charge on any atom is -0.497 e. The van der Waals surface area contributed by atoms with Crippen LogP contribution in [0.25, 0.3) is 11.3 Å². The second-order valence-corrected chi connectivity index (χ2v) is 4.15. The van der Waals surface area contributed by atoms with Gasteiger partial charge in [-0.05, 0) is 31.2 Å². The molecule has 0 atom stereocenters. The van der Waals surface area contributed by atoms with Crippen molar-refractivity contribution in [3.63, 3.8) is 0 Å². The van der Waals surface area contributed by atoms with Gasteiger partial charge in [-0.25, -0.2) is 0 Å². The predicted octanol–water partition coefficient (Wildman–Crippen LogP) is 4.29. The maximum absolute atomic E-state index is 13.0. The van der Waals surface area contributed by atoms with Gasteiger partial charge in [0.25, 0.3) is 5.95 Å². The maximum atomic E-state index is 13.0. The van der Waals surface area contributed by atoms with Gasteiger partial charge in [0.1, 0.15) is 17.1 Å². The van der Waals surface area contributed by atoms with Crippen molar-refractivity contribution in [2.24, 2.45) is 0 Å². The zero-order valence-electron chi connectivity index (χ0n) is 11.2. The van der Waals surface area contributed by atoms with Gasteiger partial charge < -0.3 is 13.9 Å². The molecule has 1 heterocycles. The standard InChI is InChI=1S/C14H13F3O3/c1-8-11(14(15,16)17)13(19-3)20-12(8)9-4-6-10(18-2)7-5-9/h4-7H,1-3H3. The van der Waals surface area contributed by atoms with E-state index in [9.17, 15) is 13.2 Å². The van der Waals surface area contributed by atoms with Crippen LogP contribution < -0.4 is 9.47 Å². The molecule has 0 aliphatic heterocycles. The number of hydrogen-bond donors (Lipinski definition) is 0. The van der Waals surface area contributed by atoms with Crippen LogP contribution in [0.5, 0.6) is 11.7 Å².